The second-order valence-corrected chi connectivity index (χ2v) is 16.7. The average molecular weight is 812 g/mol. The Morgan fingerprint density at radius 2 is 0.672 bits per heavy atom. The van der Waals surface area contributed by atoms with Gasteiger partial charge < -0.3 is 9.13 Å². The second kappa shape index (κ2) is 13.1. The molecule has 0 unspecified atom stereocenters. The van der Waals surface area contributed by atoms with Crippen molar-refractivity contribution >= 4 is 87.0 Å². The van der Waals surface area contributed by atoms with E-state index in [0.717, 1.165) is 132 Å². The Bertz CT molecular complexity index is 3810. The van der Waals surface area contributed by atoms with Crippen LogP contribution in [0.5, 0.6) is 0 Å². The number of nitriles is 1. The SMILES string of the molecule is N#Cc1c(-n2c3cccc4c5cccnc5c5cccc2c5c43)c(-c2ccccc2)c(-c2ccccc2)c(-c2ccccc2)c1-n1c2cccc3c4cccnc4c4cccc1c4c32. The lowest BCUT2D eigenvalue weighted by Crippen LogP contribution is -2.10. The lowest BCUT2D eigenvalue weighted by Gasteiger charge is -2.27. The summed E-state index contributed by atoms with van der Waals surface area (Å²) in [5.74, 6) is 0. The molecule has 0 spiro atoms. The second-order valence-electron chi connectivity index (χ2n) is 16.7. The third-order valence-electron chi connectivity index (χ3n) is 13.5. The van der Waals surface area contributed by atoms with E-state index in [9.17, 15) is 5.26 Å². The van der Waals surface area contributed by atoms with E-state index in [1.54, 1.807) is 0 Å². The number of hydrogen-bond acceptors (Lipinski definition) is 3. The number of nitrogens with zero attached hydrogens (tertiary/aromatic N) is 5. The molecule has 14 rings (SSSR count). The van der Waals surface area contributed by atoms with E-state index in [0.29, 0.717) is 5.56 Å². The Kier molecular flexibility index (Phi) is 7.12. The largest absolute Gasteiger partial charge is 0.307 e. The molecule has 0 N–H and O–H groups in total. The normalized spacial score (nSPS) is 12.0. The Labute approximate surface area is 366 Å². The molecule has 0 atom stereocenters. The van der Waals surface area contributed by atoms with Crippen LogP contribution < -0.4 is 0 Å². The van der Waals surface area contributed by atoms with Crippen LogP contribution in [-0.4, -0.2) is 19.1 Å². The maximum absolute atomic E-state index is 12.3. The van der Waals surface area contributed by atoms with Crippen molar-refractivity contribution in [3.05, 3.63) is 206 Å². The van der Waals surface area contributed by atoms with Gasteiger partial charge in [-0.1, -0.05) is 152 Å². The van der Waals surface area contributed by atoms with E-state index in [1.807, 2.05) is 24.5 Å². The zero-order valence-corrected chi connectivity index (χ0v) is 34.3. The Morgan fingerprint density at radius 1 is 0.328 bits per heavy atom. The van der Waals surface area contributed by atoms with Crippen LogP contribution in [-0.2, 0) is 0 Å². The molecule has 64 heavy (non-hydrogen) atoms. The molecule has 0 saturated heterocycles. The summed E-state index contributed by atoms with van der Waals surface area (Å²) in [6, 6.07) is 69.7. The van der Waals surface area contributed by atoms with Crippen molar-refractivity contribution in [2.24, 2.45) is 0 Å². The molecule has 10 aromatic carbocycles. The van der Waals surface area contributed by atoms with E-state index in [4.69, 9.17) is 9.97 Å². The van der Waals surface area contributed by atoms with Crippen molar-refractivity contribution in [1.29, 1.82) is 5.26 Å². The molecule has 4 aromatic heterocycles. The molecular formula is C59H33N5. The van der Waals surface area contributed by atoms with Crippen LogP contribution in [0.25, 0.3) is 132 Å². The molecule has 0 amide bonds. The van der Waals surface area contributed by atoms with Gasteiger partial charge in [-0.05, 0) is 63.9 Å². The zero-order valence-electron chi connectivity index (χ0n) is 34.3. The van der Waals surface area contributed by atoms with Gasteiger partial charge in [-0.25, -0.2) is 0 Å². The average Bonchev–Trinajstić information content (AvgIpc) is 3.89. The van der Waals surface area contributed by atoms with Gasteiger partial charge in [-0.2, -0.15) is 5.26 Å². The summed E-state index contributed by atoms with van der Waals surface area (Å²) in [6.45, 7) is 0. The first-order valence-corrected chi connectivity index (χ1v) is 21.6. The number of fused-ring (bicyclic) bond motifs is 6. The summed E-state index contributed by atoms with van der Waals surface area (Å²) in [4.78, 5) is 9.96. The quantitative estimate of drug-likeness (QED) is 0.163. The van der Waals surface area contributed by atoms with Crippen LogP contribution in [0.1, 0.15) is 5.56 Å². The molecule has 5 nitrogen and oxygen atoms in total. The minimum atomic E-state index is 0.575. The third kappa shape index (κ3) is 4.50. The number of rotatable bonds is 5. The predicted octanol–water partition coefficient (Wildman–Crippen LogP) is 15.0. The molecule has 0 saturated carbocycles. The molecule has 0 aliphatic carbocycles. The van der Waals surface area contributed by atoms with Gasteiger partial charge in [0.15, 0.2) is 0 Å². The van der Waals surface area contributed by atoms with Crippen LogP contribution >= 0.6 is 0 Å². The molecule has 14 aromatic rings. The highest BCUT2D eigenvalue weighted by Gasteiger charge is 2.33. The molecule has 0 aliphatic rings. The van der Waals surface area contributed by atoms with Crippen LogP contribution in [0.3, 0.4) is 0 Å². The summed E-state index contributed by atoms with van der Waals surface area (Å²) in [7, 11) is 0. The molecule has 294 valence electrons. The van der Waals surface area contributed by atoms with Gasteiger partial charge in [0.1, 0.15) is 11.6 Å². The number of pyridine rings is 2. The van der Waals surface area contributed by atoms with Crippen molar-refractivity contribution < 1.29 is 0 Å². The lowest BCUT2D eigenvalue weighted by molar-refractivity contribution is 1.12. The minimum absolute atomic E-state index is 0.575. The summed E-state index contributed by atoms with van der Waals surface area (Å²) in [5.41, 5.74) is 14.4. The minimum Gasteiger partial charge on any atom is -0.307 e. The lowest BCUT2D eigenvalue weighted by atomic mass is 9.82. The van der Waals surface area contributed by atoms with E-state index >= 15 is 0 Å². The highest BCUT2D eigenvalue weighted by molar-refractivity contribution is 6.35. The third-order valence-corrected chi connectivity index (χ3v) is 13.5. The fraction of sp³-hybridized carbons (Fsp3) is 0. The van der Waals surface area contributed by atoms with Crippen molar-refractivity contribution in [2.45, 2.75) is 0 Å². The summed E-state index contributed by atoms with van der Waals surface area (Å²) in [6.07, 6.45) is 3.77. The van der Waals surface area contributed by atoms with Gasteiger partial charge in [0.05, 0.1) is 44.5 Å². The molecule has 0 aliphatic heterocycles. The molecule has 0 bridgehead atoms. The van der Waals surface area contributed by atoms with Crippen molar-refractivity contribution in [3.63, 3.8) is 0 Å². The number of aromatic nitrogens is 4. The van der Waals surface area contributed by atoms with Crippen LogP contribution in [0.4, 0.5) is 0 Å². The summed E-state index contributed by atoms with van der Waals surface area (Å²) < 4.78 is 4.77. The molecule has 5 heteroatoms. The first-order valence-electron chi connectivity index (χ1n) is 21.6. The first-order chi connectivity index (χ1) is 31.8. The molecule has 0 fully saturated rings. The van der Waals surface area contributed by atoms with Gasteiger partial charge in [0.25, 0.3) is 0 Å². The van der Waals surface area contributed by atoms with Crippen LogP contribution in [0, 0.1) is 11.3 Å². The van der Waals surface area contributed by atoms with Gasteiger partial charge >= 0.3 is 0 Å². The smallest absolute Gasteiger partial charge is 0.104 e. The Balaban J connectivity index is 1.30. The van der Waals surface area contributed by atoms with Gasteiger partial charge in [-0.3, -0.25) is 9.97 Å². The molecule has 0 radical (unpaired) electrons. The highest BCUT2D eigenvalue weighted by atomic mass is 15.0. The van der Waals surface area contributed by atoms with E-state index < -0.39 is 0 Å². The van der Waals surface area contributed by atoms with Crippen LogP contribution in [0.15, 0.2) is 200 Å². The maximum atomic E-state index is 12.3. The predicted molar refractivity (Wildman–Crippen MR) is 264 cm³/mol. The Hall–Kier alpha value is -8.85. The first kappa shape index (κ1) is 34.8. The molecule has 4 heterocycles. The van der Waals surface area contributed by atoms with Gasteiger partial charge in [0.2, 0.25) is 0 Å². The van der Waals surface area contributed by atoms with Gasteiger partial charge in [0, 0.05) is 72.2 Å². The standard InChI is InChI=1S/C59H33N5/c60-34-44-58(63-45-28-10-22-38-40-26-14-32-61-56(40)42-24-12-30-47(63)54(42)52(38)45)50(36-18-6-2-7-19-36)49(35-16-4-1-5-17-35)51(37-20-8-3-9-21-37)59(44)64-46-29-11-23-39-41-27-15-33-62-57(41)43-25-13-31-48(64)55(43)53(39)46/h1-33H. The van der Waals surface area contributed by atoms with Crippen molar-refractivity contribution in [3.8, 4) is 50.8 Å². The van der Waals surface area contributed by atoms with E-state index in [2.05, 4.69) is 191 Å². The monoisotopic (exact) mass is 811 g/mol. The van der Waals surface area contributed by atoms with Crippen molar-refractivity contribution in [1.82, 2.24) is 19.1 Å². The number of benzene rings is 10. The highest BCUT2D eigenvalue weighted by Crippen LogP contribution is 2.54. The topological polar surface area (TPSA) is 59.4 Å². The van der Waals surface area contributed by atoms with Crippen LogP contribution in [0.2, 0.25) is 0 Å². The fourth-order valence-electron chi connectivity index (χ4n) is 11.2. The Morgan fingerprint density at radius 3 is 1.06 bits per heavy atom. The van der Waals surface area contributed by atoms with Gasteiger partial charge in [-0.15, -0.1) is 0 Å². The summed E-state index contributed by atoms with van der Waals surface area (Å²) >= 11 is 0. The van der Waals surface area contributed by atoms with E-state index in [1.165, 1.54) is 0 Å². The van der Waals surface area contributed by atoms with Crippen molar-refractivity contribution in [2.75, 3.05) is 0 Å². The fourth-order valence-corrected chi connectivity index (χ4v) is 11.2. The zero-order chi connectivity index (χ0) is 42.0. The number of hydrogen-bond donors (Lipinski definition) is 0. The summed E-state index contributed by atoms with van der Waals surface area (Å²) in [5, 5.41) is 23.6. The molecular weight excluding hydrogens is 779 g/mol. The maximum Gasteiger partial charge on any atom is 0.104 e. The van der Waals surface area contributed by atoms with E-state index in [-0.39, 0.29) is 0 Å².